The maximum absolute atomic E-state index is 10.3. The molecule has 2 aromatic carbocycles. The molecule has 0 aliphatic carbocycles. The lowest BCUT2D eigenvalue weighted by atomic mass is 9.82. The van der Waals surface area contributed by atoms with Gasteiger partial charge in [0.05, 0.1) is 6.10 Å². The molecule has 100 valence electrons. The third-order valence-corrected chi connectivity index (χ3v) is 3.60. The van der Waals surface area contributed by atoms with Gasteiger partial charge in [-0.25, -0.2) is 0 Å². The molecular weight excluding hydrogens is 234 g/mol. The Morgan fingerprint density at radius 3 is 2.00 bits per heavy atom. The molecule has 0 bridgehead atoms. The topological polar surface area (TPSA) is 46.2 Å². The lowest BCUT2D eigenvalue weighted by Crippen LogP contribution is -2.30. The Balaban J connectivity index is 2.24. The summed E-state index contributed by atoms with van der Waals surface area (Å²) in [5, 5.41) is 10.3. The Bertz CT molecular complexity index is 517. The van der Waals surface area contributed by atoms with E-state index in [1.54, 1.807) is 0 Å². The molecule has 2 heteroatoms. The van der Waals surface area contributed by atoms with E-state index >= 15 is 0 Å². The number of rotatable bonds is 4. The fourth-order valence-electron chi connectivity index (χ4n) is 2.05. The van der Waals surface area contributed by atoms with Crippen molar-refractivity contribution in [1.29, 1.82) is 0 Å². The zero-order chi connectivity index (χ0) is 13.9. The Hall–Kier alpha value is -1.64. The van der Waals surface area contributed by atoms with E-state index in [1.165, 1.54) is 5.56 Å². The van der Waals surface area contributed by atoms with Crippen LogP contribution in [0.5, 0.6) is 0 Å². The minimum atomic E-state index is -0.540. The Morgan fingerprint density at radius 2 is 1.47 bits per heavy atom. The molecule has 0 aliphatic rings. The second-order valence-corrected chi connectivity index (χ2v) is 5.58. The first kappa shape index (κ1) is 13.8. The summed E-state index contributed by atoms with van der Waals surface area (Å²) in [6.45, 7) is 4.40. The normalized spacial score (nSPS) is 13.3. The highest BCUT2D eigenvalue weighted by molar-refractivity contribution is 5.63. The fraction of sp³-hybridized carbons (Fsp3) is 0.294. The average molecular weight is 255 g/mol. The van der Waals surface area contributed by atoms with Gasteiger partial charge in [0.25, 0.3) is 0 Å². The molecule has 2 rings (SSSR count). The number of hydrogen-bond donors (Lipinski definition) is 2. The second kappa shape index (κ2) is 5.55. The van der Waals surface area contributed by atoms with Crippen LogP contribution in [0.1, 0.15) is 25.5 Å². The van der Waals surface area contributed by atoms with Crippen molar-refractivity contribution < 1.29 is 5.11 Å². The fourth-order valence-corrected chi connectivity index (χ4v) is 2.05. The molecule has 0 aliphatic heterocycles. The van der Waals surface area contributed by atoms with E-state index in [0.717, 1.165) is 11.1 Å². The molecular formula is C17H21NO. The molecule has 0 radical (unpaired) electrons. The standard InChI is InChI=1S/C17H21NO/c1-17(2,12-18)16(19)15-10-8-14(9-11-15)13-6-4-3-5-7-13/h3-11,16,19H,12,18H2,1-2H3. The van der Waals surface area contributed by atoms with Crippen LogP contribution >= 0.6 is 0 Å². The summed E-state index contributed by atoms with van der Waals surface area (Å²) >= 11 is 0. The van der Waals surface area contributed by atoms with Crippen molar-refractivity contribution >= 4 is 0 Å². The van der Waals surface area contributed by atoms with Gasteiger partial charge in [0.1, 0.15) is 0 Å². The molecule has 2 nitrogen and oxygen atoms in total. The SMILES string of the molecule is CC(C)(CN)C(O)c1ccc(-c2ccccc2)cc1. The van der Waals surface area contributed by atoms with E-state index in [-0.39, 0.29) is 5.41 Å². The van der Waals surface area contributed by atoms with Crippen molar-refractivity contribution in [3.8, 4) is 11.1 Å². The summed E-state index contributed by atoms with van der Waals surface area (Å²) < 4.78 is 0. The summed E-state index contributed by atoms with van der Waals surface area (Å²) in [6.07, 6.45) is -0.540. The first-order chi connectivity index (χ1) is 9.04. The van der Waals surface area contributed by atoms with Gasteiger partial charge >= 0.3 is 0 Å². The van der Waals surface area contributed by atoms with Crippen molar-refractivity contribution in [2.75, 3.05) is 6.54 Å². The van der Waals surface area contributed by atoms with Crippen LogP contribution in [0.15, 0.2) is 54.6 Å². The highest BCUT2D eigenvalue weighted by atomic mass is 16.3. The summed E-state index contributed by atoms with van der Waals surface area (Å²) in [4.78, 5) is 0. The molecule has 0 saturated carbocycles. The van der Waals surface area contributed by atoms with Crippen LogP contribution in [-0.2, 0) is 0 Å². The summed E-state index contributed by atoms with van der Waals surface area (Å²) in [5.74, 6) is 0. The zero-order valence-electron chi connectivity index (χ0n) is 11.5. The van der Waals surface area contributed by atoms with Gasteiger partial charge in [-0.15, -0.1) is 0 Å². The average Bonchev–Trinajstić information content (AvgIpc) is 2.47. The third kappa shape index (κ3) is 3.03. The van der Waals surface area contributed by atoms with Gasteiger partial charge in [0, 0.05) is 12.0 Å². The van der Waals surface area contributed by atoms with E-state index in [2.05, 4.69) is 12.1 Å². The predicted octanol–water partition coefficient (Wildman–Crippen LogP) is 3.37. The molecule has 0 saturated heterocycles. The zero-order valence-corrected chi connectivity index (χ0v) is 11.5. The molecule has 0 amide bonds. The van der Waals surface area contributed by atoms with Gasteiger partial charge in [0.2, 0.25) is 0 Å². The molecule has 2 aromatic rings. The number of hydrogen-bond acceptors (Lipinski definition) is 2. The van der Waals surface area contributed by atoms with Crippen LogP contribution in [0.25, 0.3) is 11.1 Å². The molecule has 0 spiro atoms. The number of benzene rings is 2. The van der Waals surface area contributed by atoms with Crippen LogP contribution in [0, 0.1) is 5.41 Å². The highest BCUT2D eigenvalue weighted by Crippen LogP contribution is 2.33. The molecule has 1 unspecified atom stereocenters. The van der Waals surface area contributed by atoms with Gasteiger partial charge in [-0.3, -0.25) is 0 Å². The molecule has 3 N–H and O–H groups in total. The Morgan fingerprint density at radius 1 is 0.947 bits per heavy atom. The Kier molecular flexibility index (Phi) is 4.03. The van der Waals surface area contributed by atoms with Crippen molar-refractivity contribution in [2.24, 2.45) is 11.1 Å². The number of aliphatic hydroxyl groups excluding tert-OH is 1. The number of nitrogens with two attached hydrogens (primary N) is 1. The van der Waals surface area contributed by atoms with E-state index in [4.69, 9.17) is 5.73 Å². The van der Waals surface area contributed by atoms with E-state index in [0.29, 0.717) is 6.54 Å². The Labute approximate surface area is 114 Å². The first-order valence-corrected chi connectivity index (χ1v) is 6.58. The van der Waals surface area contributed by atoms with Gasteiger partial charge in [-0.2, -0.15) is 0 Å². The minimum absolute atomic E-state index is 0.311. The van der Waals surface area contributed by atoms with Crippen LogP contribution in [0.3, 0.4) is 0 Å². The lowest BCUT2D eigenvalue weighted by molar-refractivity contribution is 0.0555. The van der Waals surface area contributed by atoms with Crippen molar-refractivity contribution in [2.45, 2.75) is 20.0 Å². The monoisotopic (exact) mass is 255 g/mol. The summed E-state index contributed by atoms with van der Waals surface area (Å²) in [5.41, 5.74) is 8.64. The minimum Gasteiger partial charge on any atom is -0.388 e. The molecule has 0 aromatic heterocycles. The van der Waals surface area contributed by atoms with Gasteiger partial charge in [-0.1, -0.05) is 68.4 Å². The molecule has 0 heterocycles. The van der Waals surface area contributed by atoms with Crippen LogP contribution < -0.4 is 5.73 Å². The van der Waals surface area contributed by atoms with E-state index in [1.807, 2.05) is 56.3 Å². The highest BCUT2D eigenvalue weighted by Gasteiger charge is 2.27. The largest absolute Gasteiger partial charge is 0.388 e. The molecule has 19 heavy (non-hydrogen) atoms. The van der Waals surface area contributed by atoms with Crippen molar-refractivity contribution in [1.82, 2.24) is 0 Å². The smallest absolute Gasteiger partial charge is 0.0852 e. The van der Waals surface area contributed by atoms with Crippen molar-refractivity contribution in [3.63, 3.8) is 0 Å². The lowest BCUT2D eigenvalue weighted by Gasteiger charge is -2.29. The summed E-state index contributed by atoms with van der Waals surface area (Å²) in [7, 11) is 0. The van der Waals surface area contributed by atoms with E-state index < -0.39 is 6.10 Å². The first-order valence-electron chi connectivity index (χ1n) is 6.58. The van der Waals surface area contributed by atoms with Gasteiger partial charge in [-0.05, 0) is 16.7 Å². The maximum Gasteiger partial charge on any atom is 0.0852 e. The quantitative estimate of drug-likeness (QED) is 0.880. The molecule has 1 atom stereocenters. The van der Waals surface area contributed by atoms with Gasteiger partial charge in [0.15, 0.2) is 0 Å². The molecule has 0 fully saturated rings. The third-order valence-electron chi connectivity index (χ3n) is 3.60. The number of aliphatic hydroxyl groups is 1. The summed E-state index contributed by atoms with van der Waals surface area (Å²) in [6, 6.07) is 18.2. The van der Waals surface area contributed by atoms with Gasteiger partial charge < -0.3 is 10.8 Å². The van der Waals surface area contributed by atoms with Crippen LogP contribution in [0.4, 0.5) is 0 Å². The van der Waals surface area contributed by atoms with Crippen LogP contribution in [-0.4, -0.2) is 11.7 Å². The van der Waals surface area contributed by atoms with E-state index in [9.17, 15) is 5.11 Å². The van der Waals surface area contributed by atoms with Crippen LogP contribution in [0.2, 0.25) is 0 Å². The predicted molar refractivity (Wildman–Crippen MR) is 79.7 cm³/mol. The second-order valence-electron chi connectivity index (χ2n) is 5.58. The maximum atomic E-state index is 10.3. The van der Waals surface area contributed by atoms with Crippen molar-refractivity contribution in [3.05, 3.63) is 60.2 Å².